The molecule has 9 heteroatoms. The zero-order valence-corrected chi connectivity index (χ0v) is 21.5. The third-order valence-corrected chi connectivity index (χ3v) is 9.40. The number of hydrogen-bond donors (Lipinski definition) is 0. The van der Waals surface area contributed by atoms with E-state index in [-0.39, 0.29) is 28.8 Å². The number of hydrogen-bond acceptors (Lipinski definition) is 6. The lowest BCUT2D eigenvalue weighted by molar-refractivity contribution is 0.132. The van der Waals surface area contributed by atoms with Gasteiger partial charge in [-0.1, -0.05) is 24.3 Å². The number of benzene rings is 1. The summed E-state index contributed by atoms with van der Waals surface area (Å²) in [7, 11) is -2.96. The predicted molar refractivity (Wildman–Crippen MR) is 141 cm³/mol. The highest BCUT2D eigenvalue weighted by atomic mass is 32.2. The minimum atomic E-state index is -2.96. The van der Waals surface area contributed by atoms with E-state index in [1.54, 1.807) is 12.4 Å². The standard InChI is InChI=1S/C27H31N5O3S/c1-27(2,30-11-13-36(34,35)14-12-30)15-22-21-6-4-3-5-19(21)16-29-23(22)18-31-25-17-28-10-9-24(25)32(26(31)33)20-7-8-20/h3-6,9-10,16-17,20H,7-8,11-15,18H2,1-2H3. The molecule has 0 unspecified atom stereocenters. The maximum absolute atomic E-state index is 13.5. The van der Waals surface area contributed by atoms with E-state index in [0.717, 1.165) is 45.9 Å². The molecule has 4 heterocycles. The van der Waals surface area contributed by atoms with Gasteiger partial charge in [-0.05, 0) is 50.1 Å². The molecular weight excluding hydrogens is 474 g/mol. The van der Waals surface area contributed by atoms with Crippen LogP contribution in [-0.2, 0) is 22.8 Å². The molecule has 2 fully saturated rings. The molecule has 36 heavy (non-hydrogen) atoms. The van der Waals surface area contributed by atoms with E-state index < -0.39 is 9.84 Å². The van der Waals surface area contributed by atoms with Crippen LogP contribution in [-0.4, -0.2) is 62.6 Å². The number of nitrogens with zero attached hydrogens (tertiary/aromatic N) is 5. The second-order valence-corrected chi connectivity index (χ2v) is 13.0. The van der Waals surface area contributed by atoms with Gasteiger partial charge in [-0.2, -0.15) is 0 Å². The fourth-order valence-electron chi connectivity index (χ4n) is 5.58. The number of sulfone groups is 1. The number of imidazole rings is 1. The first-order valence-corrected chi connectivity index (χ1v) is 14.4. The normalized spacial score (nSPS) is 18.7. The second-order valence-electron chi connectivity index (χ2n) is 10.7. The van der Waals surface area contributed by atoms with Crippen molar-refractivity contribution >= 4 is 31.6 Å². The summed E-state index contributed by atoms with van der Waals surface area (Å²) in [6.07, 6.45) is 8.16. The number of aromatic nitrogens is 4. The molecule has 6 rings (SSSR count). The number of rotatable bonds is 6. The summed E-state index contributed by atoms with van der Waals surface area (Å²) in [4.78, 5) is 25.0. The SMILES string of the molecule is CC(C)(Cc1c(Cn2c(=O)n(C3CC3)c3ccncc32)ncc2ccccc12)N1CCS(=O)(=O)CC1. The molecule has 8 nitrogen and oxygen atoms in total. The average molecular weight is 506 g/mol. The third-order valence-electron chi connectivity index (χ3n) is 7.79. The molecule has 3 aromatic heterocycles. The molecule has 0 N–H and O–H groups in total. The van der Waals surface area contributed by atoms with Crippen molar-refractivity contribution in [3.8, 4) is 0 Å². The molecule has 0 radical (unpaired) electrons. The van der Waals surface area contributed by atoms with Crippen LogP contribution in [0.25, 0.3) is 21.8 Å². The first kappa shape index (κ1) is 23.4. The van der Waals surface area contributed by atoms with Gasteiger partial charge in [-0.3, -0.25) is 24.0 Å². The van der Waals surface area contributed by atoms with Crippen molar-refractivity contribution in [3.63, 3.8) is 0 Å². The van der Waals surface area contributed by atoms with Gasteiger partial charge in [0.15, 0.2) is 9.84 Å². The number of pyridine rings is 2. The van der Waals surface area contributed by atoms with Crippen LogP contribution in [0.4, 0.5) is 0 Å². The summed E-state index contributed by atoms with van der Waals surface area (Å²) in [5.74, 6) is 0.389. The van der Waals surface area contributed by atoms with Gasteiger partial charge >= 0.3 is 5.69 Å². The highest BCUT2D eigenvalue weighted by molar-refractivity contribution is 7.91. The molecule has 1 aliphatic carbocycles. The summed E-state index contributed by atoms with van der Waals surface area (Å²) in [6.45, 7) is 5.77. The lowest BCUT2D eigenvalue weighted by Gasteiger charge is -2.41. The van der Waals surface area contributed by atoms with E-state index in [1.165, 1.54) is 0 Å². The Labute approximate surface area is 210 Å². The molecule has 2 aliphatic rings. The minimum absolute atomic E-state index is 0.0121. The zero-order valence-electron chi connectivity index (χ0n) is 20.7. The summed E-state index contributed by atoms with van der Waals surface area (Å²) in [6, 6.07) is 10.4. The van der Waals surface area contributed by atoms with E-state index in [4.69, 9.17) is 4.98 Å². The molecule has 188 valence electrons. The van der Waals surface area contributed by atoms with Gasteiger partial charge in [-0.25, -0.2) is 13.2 Å². The molecule has 1 saturated heterocycles. The topological polar surface area (TPSA) is 90.1 Å². The Hall–Kier alpha value is -3.04. The lowest BCUT2D eigenvalue weighted by atomic mass is 9.89. The molecular formula is C27H31N5O3S. The Morgan fingerprint density at radius 2 is 1.78 bits per heavy atom. The fraction of sp³-hybridized carbons (Fsp3) is 0.444. The van der Waals surface area contributed by atoms with Crippen molar-refractivity contribution in [3.05, 3.63) is 70.7 Å². The fourth-order valence-corrected chi connectivity index (χ4v) is 6.78. The number of fused-ring (bicyclic) bond motifs is 2. The van der Waals surface area contributed by atoms with Gasteiger partial charge in [0.05, 0.1) is 41.0 Å². The molecule has 1 aliphatic heterocycles. The summed E-state index contributed by atoms with van der Waals surface area (Å²) >= 11 is 0. The van der Waals surface area contributed by atoms with Gasteiger partial charge < -0.3 is 0 Å². The molecule has 1 saturated carbocycles. The first-order chi connectivity index (χ1) is 17.2. The average Bonchev–Trinajstić information content (AvgIpc) is 3.65. The van der Waals surface area contributed by atoms with E-state index in [0.29, 0.717) is 26.1 Å². The second kappa shape index (κ2) is 8.52. The highest BCUT2D eigenvalue weighted by Gasteiger charge is 2.34. The van der Waals surface area contributed by atoms with Crippen LogP contribution in [0.2, 0.25) is 0 Å². The van der Waals surface area contributed by atoms with Crippen LogP contribution in [0.3, 0.4) is 0 Å². The summed E-state index contributed by atoms with van der Waals surface area (Å²) in [5.41, 5.74) is 3.44. The molecule has 0 amide bonds. The van der Waals surface area contributed by atoms with Crippen molar-refractivity contribution < 1.29 is 8.42 Å². The van der Waals surface area contributed by atoms with Crippen LogP contribution in [0.5, 0.6) is 0 Å². The Kier molecular flexibility index (Phi) is 5.53. The van der Waals surface area contributed by atoms with Crippen molar-refractivity contribution in [2.75, 3.05) is 24.6 Å². The van der Waals surface area contributed by atoms with Crippen LogP contribution in [0.1, 0.15) is 44.0 Å². The van der Waals surface area contributed by atoms with Crippen LogP contribution >= 0.6 is 0 Å². The lowest BCUT2D eigenvalue weighted by Crippen LogP contribution is -2.52. The molecule has 1 aromatic carbocycles. The van der Waals surface area contributed by atoms with Gasteiger partial charge in [0.1, 0.15) is 0 Å². The largest absolute Gasteiger partial charge is 0.329 e. The van der Waals surface area contributed by atoms with E-state index in [1.807, 2.05) is 33.5 Å². The van der Waals surface area contributed by atoms with Gasteiger partial charge in [0.2, 0.25) is 0 Å². The molecule has 0 atom stereocenters. The first-order valence-electron chi connectivity index (χ1n) is 12.6. The van der Waals surface area contributed by atoms with E-state index in [9.17, 15) is 13.2 Å². The van der Waals surface area contributed by atoms with Crippen LogP contribution in [0, 0.1) is 0 Å². The summed E-state index contributed by atoms with van der Waals surface area (Å²) in [5, 5.41) is 2.18. The minimum Gasteiger partial charge on any atom is -0.296 e. The maximum Gasteiger partial charge on any atom is 0.329 e. The summed E-state index contributed by atoms with van der Waals surface area (Å²) < 4.78 is 27.8. The Morgan fingerprint density at radius 3 is 2.53 bits per heavy atom. The molecule has 0 bridgehead atoms. The van der Waals surface area contributed by atoms with Gasteiger partial charge in [0.25, 0.3) is 0 Å². The van der Waals surface area contributed by atoms with Crippen molar-refractivity contribution in [2.45, 2.75) is 51.2 Å². The molecule has 4 aromatic rings. The van der Waals surface area contributed by atoms with Crippen molar-refractivity contribution in [1.82, 2.24) is 24.0 Å². The van der Waals surface area contributed by atoms with Crippen LogP contribution in [0.15, 0.2) is 53.7 Å². The quantitative estimate of drug-likeness (QED) is 0.400. The van der Waals surface area contributed by atoms with Crippen LogP contribution < -0.4 is 5.69 Å². The van der Waals surface area contributed by atoms with Crippen molar-refractivity contribution in [2.24, 2.45) is 0 Å². The Bertz CT molecular complexity index is 1620. The third kappa shape index (κ3) is 4.14. The van der Waals surface area contributed by atoms with Gasteiger partial charge in [0, 0.05) is 42.5 Å². The zero-order chi connectivity index (χ0) is 25.1. The van der Waals surface area contributed by atoms with Crippen molar-refractivity contribution in [1.29, 1.82) is 0 Å². The van der Waals surface area contributed by atoms with Gasteiger partial charge in [-0.15, -0.1) is 0 Å². The maximum atomic E-state index is 13.5. The smallest absolute Gasteiger partial charge is 0.296 e. The highest BCUT2D eigenvalue weighted by Crippen LogP contribution is 2.36. The Morgan fingerprint density at radius 1 is 1.03 bits per heavy atom. The predicted octanol–water partition coefficient (Wildman–Crippen LogP) is 3.18. The monoisotopic (exact) mass is 505 g/mol. The van der Waals surface area contributed by atoms with E-state index in [2.05, 4.69) is 35.9 Å². The molecule has 0 spiro atoms. The van der Waals surface area contributed by atoms with E-state index >= 15 is 0 Å². The Balaban J connectivity index is 1.43.